The van der Waals surface area contributed by atoms with Crippen LogP contribution in [0.5, 0.6) is 0 Å². The Morgan fingerprint density at radius 2 is 2.14 bits per heavy atom. The van der Waals surface area contributed by atoms with Gasteiger partial charge in [0.2, 0.25) is 0 Å². The zero-order valence-corrected chi connectivity index (χ0v) is 4.95. The third-order valence-corrected chi connectivity index (χ3v) is 0.919. The van der Waals surface area contributed by atoms with Crippen LogP contribution in [0.15, 0.2) is 13.2 Å². The van der Waals surface area contributed by atoms with Crippen molar-refractivity contribution in [3.8, 4) is 0 Å². The second kappa shape index (κ2) is 4.16. The van der Waals surface area contributed by atoms with Crippen LogP contribution in [0.3, 0.4) is 0 Å². The SMILES string of the molecule is C=C.ClCC1CO1. The largest absolute Gasteiger partial charge is 0.372 e. The van der Waals surface area contributed by atoms with Crippen molar-refractivity contribution >= 4 is 11.6 Å². The predicted molar refractivity (Wildman–Crippen MR) is 31.7 cm³/mol. The first-order valence-corrected chi connectivity index (χ1v) is 2.64. The summed E-state index contributed by atoms with van der Waals surface area (Å²) < 4.78 is 4.73. The fourth-order valence-electron chi connectivity index (χ4n) is 0.157. The lowest BCUT2D eigenvalue weighted by Crippen LogP contribution is -1.80. The molecule has 0 saturated carbocycles. The highest BCUT2D eigenvalue weighted by atomic mass is 35.5. The molecule has 2 heteroatoms. The molecule has 0 aromatic heterocycles. The van der Waals surface area contributed by atoms with E-state index in [0.717, 1.165) is 6.61 Å². The molecule has 1 atom stereocenters. The Morgan fingerprint density at radius 3 is 2.14 bits per heavy atom. The summed E-state index contributed by atoms with van der Waals surface area (Å²) in [5, 5.41) is 0. The molecule has 0 spiro atoms. The van der Waals surface area contributed by atoms with Gasteiger partial charge in [-0.25, -0.2) is 0 Å². The van der Waals surface area contributed by atoms with Crippen LogP contribution in [0.2, 0.25) is 0 Å². The lowest BCUT2D eigenvalue weighted by Gasteiger charge is -1.67. The quantitative estimate of drug-likeness (QED) is 0.290. The summed E-state index contributed by atoms with van der Waals surface area (Å²) >= 11 is 5.27. The molecular weight excluding hydrogens is 112 g/mol. The molecule has 0 bridgehead atoms. The molecule has 42 valence electrons. The van der Waals surface area contributed by atoms with Crippen LogP contribution >= 0.6 is 11.6 Å². The average molecular weight is 121 g/mol. The van der Waals surface area contributed by atoms with Crippen molar-refractivity contribution in [3.05, 3.63) is 13.2 Å². The van der Waals surface area contributed by atoms with Crippen molar-refractivity contribution in [3.63, 3.8) is 0 Å². The molecular formula is C5H9ClO. The predicted octanol–water partition coefficient (Wildman–Crippen LogP) is 1.43. The van der Waals surface area contributed by atoms with Gasteiger partial charge < -0.3 is 4.74 Å². The van der Waals surface area contributed by atoms with Gasteiger partial charge in [0.25, 0.3) is 0 Å². The number of ether oxygens (including phenoxy) is 1. The van der Waals surface area contributed by atoms with Crippen LogP contribution in [0.1, 0.15) is 0 Å². The van der Waals surface area contributed by atoms with Gasteiger partial charge in [-0.15, -0.1) is 24.8 Å². The minimum absolute atomic E-state index is 0.400. The van der Waals surface area contributed by atoms with Crippen LogP contribution in [-0.2, 0) is 4.74 Å². The van der Waals surface area contributed by atoms with Gasteiger partial charge >= 0.3 is 0 Å². The van der Waals surface area contributed by atoms with Gasteiger partial charge in [-0.05, 0) is 0 Å². The summed E-state index contributed by atoms with van der Waals surface area (Å²) in [4.78, 5) is 0. The monoisotopic (exact) mass is 120 g/mol. The van der Waals surface area contributed by atoms with Crippen molar-refractivity contribution < 1.29 is 4.74 Å². The van der Waals surface area contributed by atoms with E-state index in [1.165, 1.54) is 0 Å². The first-order chi connectivity index (χ1) is 3.43. The third kappa shape index (κ3) is 3.83. The number of hydrogen-bond donors (Lipinski definition) is 0. The van der Waals surface area contributed by atoms with E-state index in [1.807, 2.05) is 0 Å². The number of epoxide rings is 1. The average Bonchev–Trinajstić information content (AvgIpc) is 2.52. The van der Waals surface area contributed by atoms with Crippen molar-refractivity contribution in [1.29, 1.82) is 0 Å². The van der Waals surface area contributed by atoms with Gasteiger partial charge in [-0.3, -0.25) is 0 Å². The molecule has 1 aliphatic rings. The van der Waals surface area contributed by atoms with Crippen LogP contribution < -0.4 is 0 Å². The molecule has 7 heavy (non-hydrogen) atoms. The molecule has 0 radical (unpaired) electrons. The van der Waals surface area contributed by atoms with Crippen LogP contribution in [0.25, 0.3) is 0 Å². The topological polar surface area (TPSA) is 12.5 Å². The Kier molecular flexibility index (Phi) is 4.15. The van der Waals surface area contributed by atoms with E-state index in [0.29, 0.717) is 12.0 Å². The lowest BCUT2D eigenvalue weighted by molar-refractivity contribution is 0.425. The van der Waals surface area contributed by atoms with Crippen molar-refractivity contribution in [2.45, 2.75) is 6.10 Å². The second-order valence-corrected chi connectivity index (χ2v) is 1.42. The molecule has 1 nitrogen and oxygen atoms in total. The van der Waals surface area contributed by atoms with E-state index >= 15 is 0 Å². The van der Waals surface area contributed by atoms with E-state index < -0.39 is 0 Å². The first kappa shape index (κ1) is 6.99. The summed E-state index contributed by atoms with van der Waals surface area (Å²) in [6.45, 7) is 6.88. The molecule has 1 aliphatic heterocycles. The van der Waals surface area contributed by atoms with Crippen LogP contribution in [0, 0.1) is 0 Å². The number of halogens is 1. The van der Waals surface area contributed by atoms with Gasteiger partial charge in [0.05, 0.1) is 18.6 Å². The van der Waals surface area contributed by atoms with E-state index in [9.17, 15) is 0 Å². The van der Waals surface area contributed by atoms with E-state index in [4.69, 9.17) is 16.3 Å². The smallest absolute Gasteiger partial charge is 0.0944 e. The van der Waals surface area contributed by atoms with E-state index in [2.05, 4.69) is 13.2 Å². The molecule has 0 N–H and O–H groups in total. The Balaban J connectivity index is 0.000000162. The minimum atomic E-state index is 0.400. The van der Waals surface area contributed by atoms with Gasteiger partial charge in [-0.1, -0.05) is 0 Å². The van der Waals surface area contributed by atoms with Crippen LogP contribution in [0.4, 0.5) is 0 Å². The fraction of sp³-hybridized carbons (Fsp3) is 0.600. The lowest BCUT2D eigenvalue weighted by atomic mass is 10.6. The first-order valence-electron chi connectivity index (χ1n) is 2.11. The maximum atomic E-state index is 5.27. The van der Waals surface area contributed by atoms with E-state index in [1.54, 1.807) is 0 Å². The summed E-state index contributed by atoms with van der Waals surface area (Å²) in [7, 11) is 0. The van der Waals surface area contributed by atoms with Crippen molar-refractivity contribution in [2.24, 2.45) is 0 Å². The normalized spacial score (nSPS) is 25.0. The maximum absolute atomic E-state index is 5.27. The Labute approximate surface area is 48.9 Å². The maximum Gasteiger partial charge on any atom is 0.0944 e. The Hall–Kier alpha value is -0.0100. The van der Waals surface area contributed by atoms with Crippen molar-refractivity contribution in [2.75, 3.05) is 12.5 Å². The Bertz CT molecular complexity index is 43.3. The standard InChI is InChI=1S/C3H5ClO.C2H4/c4-1-3-2-5-3;1-2/h3H,1-2H2;1-2H2. The van der Waals surface area contributed by atoms with Gasteiger partial charge in [0.15, 0.2) is 0 Å². The number of hydrogen-bond acceptors (Lipinski definition) is 1. The molecule has 1 unspecified atom stereocenters. The summed E-state index contributed by atoms with van der Waals surface area (Å²) in [6.07, 6.45) is 0.400. The Morgan fingerprint density at radius 1 is 1.71 bits per heavy atom. The number of rotatable bonds is 1. The molecule has 0 aliphatic carbocycles. The zero-order chi connectivity index (χ0) is 5.70. The third-order valence-electron chi connectivity index (χ3n) is 0.574. The summed E-state index contributed by atoms with van der Waals surface area (Å²) in [6, 6.07) is 0. The summed E-state index contributed by atoms with van der Waals surface area (Å²) in [5.41, 5.74) is 0. The molecule has 1 rings (SSSR count). The van der Waals surface area contributed by atoms with Crippen molar-refractivity contribution in [1.82, 2.24) is 0 Å². The highest BCUT2D eigenvalue weighted by Gasteiger charge is 2.19. The second-order valence-electron chi connectivity index (χ2n) is 1.11. The van der Waals surface area contributed by atoms with Gasteiger partial charge in [0, 0.05) is 0 Å². The molecule has 1 saturated heterocycles. The van der Waals surface area contributed by atoms with Gasteiger partial charge in [-0.2, -0.15) is 0 Å². The molecule has 0 amide bonds. The highest BCUT2D eigenvalue weighted by molar-refractivity contribution is 6.18. The molecule has 0 aromatic carbocycles. The summed E-state index contributed by atoms with van der Waals surface area (Å²) in [5.74, 6) is 0.667. The molecule has 1 fully saturated rings. The van der Waals surface area contributed by atoms with Gasteiger partial charge in [0.1, 0.15) is 0 Å². The minimum Gasteiger partial charge on any atom is -0.372 e. The fourth-order valence-corrected chi connectivity index (χ4v) is 0.335. The van der Waals surface area contributed by atoms with E-state index in [-0.39, 0.29) is 0 Å². The highest BCUT2D eigenvalue weighted by Crippen LogP contribution is 2.08. The molecule has 1 heterocycles. The van der Waals surface area contributed by atoms with Crippen LogP contribution in [-0.4, -0.2) is 18.6 Å². The number of alkyl halides is 1. The zero-order valence-electron chi connectivity index (χ0n) is 4.19. The molecule has 0 aromatic rings.